The Kier molecular flexibility index (Phi) is 5.94. The molecule has 1 atom stereocenters. The molecule has 0 fully saturated rings. The molecule has 0 aliphatic heterocycles. The van der Waals surface area contributed by atoms with Gasteiger partial charge in [-0.2, -0.15) is 8.78 Å². The number of carbonyl (C=O) groups excluding carboxylic acids is 1. The Morgan fingerprint density at radius 3 is 2.56 bits per heavy atom. The first kappa shape index (κ1) is 19.1. The second-order valence-electron chi connectivity index (χ2n) is 6.65. The number of amides is 1. The number of aryl methyl sites for hydroxylation is 2. The molecule has 4 nitrogen and oxygen atoms in total. The summed E-state index contributed by atoms with van der Waals surface area (Å²) in [6, 6.07) is 10.5. The summed E-state index contributed by atoms with van der Waals surface area (Å²) in [5.74, 6) is -0.663. The fraction of sp³-hybridized carbons (Fsp3) is 0.381. The standard InChI is InChI=1S/C21H23F2NO3/c1-13(15-11-10-14-6-3-4-7-16(14)12-15)24-20(25)17-8-5-9-18(26-2)19(17)27-21(22)23/h5,8-13,21H,3-4,6-7H2,1-2H3,(H,24,25). The zero-order chi connectivity index (χ0) is 19.4. The molecule has 1 unspecified atom stereocenters. The third kappa shape index (κ3) is 4.38. The molecule has 2 aromatic carbocycles. The van der Waals surface area contributed by atoms with Crippen LogP contribution in [0.25, 0.3) is 0 Å². The molecule has 1 aliphatic rings. The largest absolute Gasteiger partial charge is 0.493 e. The van der Waals surface area contributed by atoms with Crippen LogP contribution in [0.3, 0.4) is 0 Å². The van der Waals surface area contributed by atoms with Gasteiger partial charge in [0.2, 0.25) is 0 Å². The Hall–Kier alpha value is -2.63. The number of fused-ring (bicyclic) bond motifs is 1. The highest BCUT2D eigenvalue weighted by molar-refractivity contribution is 5.98. The zero-order valence-corrected chi connectivity index (χ0v) is 15.4. The van der Waals surface area contributed by atoms with Crippen molar-refractivity contribution in [2.75, 3.05) is 7.11 Å². The predicted octanol–water partition coefficient (Wildman–Crippen LogP) is 4.67. The molecule has 6 heteroatoms. The maximum atomic E-state index is 12.8. The number of halogens is 2. The van der Waals surface area contributed by atoms with Gasteiger partial charge >= 0.3 is 6.61 Å². The van der Waals surface area contributed by atoms with E-state index in [0.29, 0.717) is 0 Å². The minimum absolute atomic E-state index is 0.0134. The van der Waals surface area contributed by atoms with Crippen LogP contribution in [0.4, 0.5) is 8.78 Å². The molecule has 1 amide bonds. The maximum Gasteiger partial charge on any atom is 0.387 e. The average Bonchev–Trinajstić information content (AvgIpc) is 2.67. The molecule has 0 saturated carbocycles. The van der Waals surface area contributed by atoms with Crippen LogP contribution in [0.2, 0.25) is 0 Å². The van der Waals surface area contributed by atoms with E-state index in [1.54, 1.807) is 6.07 Å². The van der Waals surface area contributed by atoms with Gasteiger partial charge in [-0.15, -0.1) is 0 Å². The summed E-state index contributed by atoms with van der Waals surface area (Å²) in [4.78, 5) is 12.7. The van der Waals surface area contributed by atoms with Crippen molar-refractivity contribution in [1.29, 1.82) is 0 Å². The van der Waals surface area contributed by atoms with Crippen LogP contribution in [-0.4, -0.2) is 19.6 Å². The highest BCUT2D eigenvalue weighted by Crippen LogP contribution is 2.33. The molecule has 0 heterocycles. The van der Waals surface area contributed by atoms with Crippen molar-refractivity contribution in [3.05, 3.63) is 58.7 Å². The maximum absolute atomic E-state index is 12.8. The Balaban J connectivity index is 1.81. The number of rotatable bonds is 6. The first-order valence-corrected chi connectivity index (χ1v) is 9.04. The minimum Gasteiger partial charge on any atom is -0.493 e. The van der Waals surface area contributed by atoms with Crippen molar-refractivity contribution in [3.8, 4) is 11.5 Å². The Labute approximate surface area is 157 Å². The van der Waals surface area contributed by atoms with Crippen LogP contribution in [0, 0.1) is 0 Å². The number of methoxy groups -OCH3 is 1. The molecule has 144 valence electrons. The molecule has 0 saturated heterocycles. The topological polar surface area (TPSA) is 47.6 Å². The van der Waals surface area contributed by atoms with E-state index < -0.39 is 12.5 Å². The summed E-state index contributed by atoms with van der Waals surface area (Å²) in [6.07, 6.45) is 4.53. The number of ether oxygens (including phenoxy) is 2. The van der Waals surface area contributed by atoms with E-state index in [0.717, 1.165) is 18.4 Å². The summed E-state index contributed by atoms with van der Waals surface area (Å²) in [5.41, 5.74) is 3.69. The Morgan fingerprint density at radius 1 is 1.11 bits per heavy atom. The number of benzene rings is 2. The molecule has 0 spiro atoms. The van der Waals surface area contributed by atoms with Crippen LogP contribution in [0.5, 0.6) is 11.5 Å². The highest BCUT2D eigenvalue weighted by atomic mass is 19.3. The van der Waals surface area contributed by atoms with Crippen LogP contribution >= 0.6 is 0 Å². The van der Waals surface area contributed by atoms with E-state index in [2.05, 4.69) is 22.2 Å². The van der Waals surface area contributed by atoms with E-state index in [1.807, 2.05) is 13.0 Å². The smallest absolute Gasteiger partial charge is 0.387 e. The van der Waals surface area contributed by atoms with Gasteiger partial charge in [-0.3, -0.25) is 4.79 Å². The summed E-state index contributed by atoms with van der Waals surface area (Å²) in [5, 5.41) is 2.86. The van der Waals surface area contributed by atoms with Gasteiger partial charge in [-0.25, -0.2) is 0 Å². The van der Waals surface area contributed by atoms with E-state index in [4.69, 9.17) is 4.74 Å². The number of alkyl halides is 2. The SMILES string of the molecule is COc1cccc(C(=O)NC(C)c2ccc3c(c2)CCCC3)c1OC(F)F. The first-order chi connectivity index (χ1) is 13.0. The summed E-state index contributed by atoms with van der Waals surface area (Å²) in [6.45, 7) is -1.18. The molecule has 1 N–H and O–H groups in total. The van der Waals surface area contributed by atoms with Crippen LogP contribution in [-0.2, 0) is 12.8 Å². The number of para-hydroxylation sites is 1. The minimum atomic E-state index is -3.05. The van der Waals surface area contributed by atoms with E-state index in [-0.39, 0.29) is 23.1 Å². The van der Waals surface area contributed by atoms with E-state index in [9.17, 15) is 13.6 Å². The van der Waals surface area contributed by atoms with Crippen molar-refractivity contribution in [2.45, 2.75) is 45.3 Å². The van der Waals surface area contributed by atoms with Gasteiger partial charge in [-0.05, 0) is 61.4 Å². The monoisotopic (exact) mass is 375 g/mol. The second-order valence-corrected chi connectivity index (χ2v) is 6.65. The van der Waals surface area contributed by atoms with Crippen molar-refractivity contribution in [2.24, 2.45) is 0 Å². The molecule has 3 rings (SSSR count). The van der Waals surface area contributed by atoms with Crippen LogP contribution in [0.1, 0.15) is 52.9 Å². The van der Waals surface area contributed by atoms with Gasteiger partial charge in [0, 0.05) is 0 Å². The number of nitrogens with one attached hydrogen (secondary N) is 1. The fourth-order valence-corrected chi connectivity index (χ4v) is 3.45. The van der Waals surface area contributed by atoms with E-state index in [1.165, 1.54) is 43.2 Å². The van der Waals surface area contributed by atoms with Crippen LogP contribution < -0.4 is 14.8 Å². The quantitative estimate of drug-likeness (QED) is 0.798. The second kappa shape index (κ2) is 8.37. The van der Waals surface area contributed by atoms with Crippen molar-refractivity contribution in [3.63, 3.8) is 0 Å². The summed E-state index contributed by atoms with van der Waals surface area (Å²) in [7, 11) is 1.34. The van der Waals surface area contributed by atoms with Gasteiger partial charge < -0.3 is 14.8 Å². The molecule has 0 aromatic heterocycles. The van der Waals surface area contributed by atoms with Gasteiger partial charge in [0.05, 0.1) is 18.7 Å². The highest BCUT2D eigenvalue weighted by Gasteiger charge is 2.22. The Morgan fingerprint density at radius 2 is 1.85 bits per heavy atom. The molecule has 0 bridgehead atoms. The zero-order valence-electron chi connectivity index (χ0n) is 15.4. The third-order valence-electron chi connectivity index (χ3n) is 4.87. The molecule has 27 heavy (non-hydrogen) atoms. The number of carbonyl (C=O) groups is 1. The van der Waals surface area contributed by atoms with Crippen molar-refractivity contribution >= 4 is 5.91 Å². The lowest BCUT2D eigenvalue weighted by atomic mass is 9.89. The fourth-order valence-electron chi connectivity index (χ4n) is 3.45. The lowest BCUT2D eigenvalue weighted by Gasteiger charge is -2.21. The predicted molar refractivity (Wildman–Crippen MR) is 98.6 cm³/mol. The summed E-state index contributed by atoms with van der Waals surface area (Å²) >= 11 is 0. The van der Waals surface area contributed by atoms with E-state index >= 15 is 0 Å². The number of hydrogen-bond acceptors (Lipinski definition) is 3. The lowest BCUT2D eigenvalue weighted by molar-refractivity contribution is -0.0515. The van der Waals surface area contributed by atoms with Gasteiger partial charge in [0.25, 0.3) is 5.91 Å². The third-order valence-corrected chi connectivity index (χ3v) is 4.87. The average molecular weight is 375 g/mol. The molecule has 2 aromatic rings. The molecular weight excluding hydrogens is 352 g/mol. The van der Waals surface area contributed by atoms with Gasteiger partial charge in [0.1, 0.15) is 0 Å². The molecule has 1 aliphatic carbocycles. The summed E-state index contributed by atoms with van der Waals surface area (Å²) < 4.78 is 35.1. The van der Waals surface area contributed by atoms with Crippen LogP contribution in [0.15, 0.2) is 36.4 Å². The Bertz CT molecular complexity index is 823. The van der Waals surface area contributed by atoms with Gasteiger partial charge in [0.15, 0.2) is 11.5 Å². The number of hydrogen-bond donors (Lipinski definition) is 1. The van der Waals surface area contributed by atoms with Crippen molar-refractivity contribution < 1.29 is 23.0 Å². The lowest BCUT2D eigenvalue weighted by Crippen LogP contribution is -2.27. The first-order valence-electron chi connectivity index (χ1n) is 9.04. The molecule has 0 radical (unpaired) electrons. The van der Waals surface area contributed by atoms with Crippen molar-refractivity contribution in [1.82, 2.24) is 5.32 Å². The molecular formula is C21H23F2NO3. The van der Waals surface area contributed by atoms with Gasteiger partial charge in [-0.1, -0.05) is 24.3 Å². The normalized spacial score (nSPS) is 14.4.